The molecule has 4 N–H and O–H groups in total. The van der Waals surface area contributed by atoms with E-state index in [1.165, 1.54) is 96.3 Å². The monoisotopic (exact) mass is 379 g/mol. The van der Waals surface area contributed by atoms with E-state index in [-0.39, 0.29) is 11.9 Å². The molecule has 0 saturated carbocycles. The third-order valence-electron chi connectivity index (χ3n) is 4.88. The van der Waals surface area contributed by atoms with Gasteiger partial charge in [-0.1, -0.05) is 108 Å². The number of tetrazole rings is 1. The molecule has 7 heteroatoms. The van der Waals surface area contributed by atoms with Crippen molar-refractivity contribution in [2.75, 3.05) is 0 Å². The summed E-state index contributed by atoms with van der Waals surface area (Å²) in [5.74, 6) is 0.184. The molecule has 0 aliphatic carbocycles. The van der Waals surface area contributed by atoms with Gasteiger partial charge in [0.1, 0.15) is 0 Å². The summed E-state index contributed by atoms with van der Waals surface area (Å²) in [6.07, 6.45) is 21.9. The molecule has 1 aromatic rings. The van der Waals surface area contributed by atoms with E-state index >= 15 is 0 Å². The van der Waals surface area contributed by atoms with Crippen LogP contribution in [-0.2, 0) is 6.54 Å². The topological polar surface area (TPSA) is 108 Å². The SMILES string of the molecule is CCCCCCCCCCCCCCCCCCn1nnc(N=C(N)N)n1. The van der Waals surface area contributed by atoms with Crippen molar-refractivity contribution in [1.29, 1.82) is 0 Å². The Bertz CT molecular complexity index is 480. The van der Waals surface area contributed by atoms with Crippen molar-refractivity contribution >= 4 is 11.9 Å². The molecule has 0 aromatic carbocycles. The summed E-state index contributed by atoms with van der Waals surface area (Å²) < 4.78 is 0. The van der Waals surface area contributed by atoms with Crippen LogP contribution in [0.15, 0.2) is 4.99 Å². The fourth-order valence-electron chi connectivity index (χ4n) is 3.29. The number of aryl methyl sites for hydroxylation is 1. The third kappa shape index (κ3) is 14.1. The predicted octanol–water partition coefficient (Wildman–Crippen LogP) is 4.84. The minimum absolute atomic E-state index is 0.0445. The van der Waals surface area contributed by atoms with Crippen molar-refractivity contribution < 1.29 is 0 Å². The van der Waals surface area contributed by atoms with Gasteiger partial charge in [-0.3, -0.25) is 0 Å². The van der Waals surface area contributed by atoms with E-state index in [1.807, 2.05) is 0 Å². The Kier molecular flexibility index (Phi) is 14.3. The zero-order valence-corrected chi connectivity index (χ0v) is 17.4. The summed E-state index contributed by atoms with van der Waals surface area (Å²) in [7, 11) is 0. The average Bonchev–Trinajstić information content (AvgIpc) is 3.08. The van der Waals surface area contributed by atoms with E-state index in [1.54, 1.807) is 4.80 Å². The van der Waals surface area contributed by atoms with E-state index in [0.717, 1.165) is 13.0 Å². The molecule has 0 aliphatic rings. The number of guanidine groups is 1. The summed E-state index contributed by atoms with van der Waals surface area (Å²) in [6, 6.07) is 0. The Morgan fingerprint density at radius 3 is 1.63 bits per heavy atom. The van der Waals surface area contributed by atoms with Crippen LogP contribution in [0.5, 0.6) is 0 Å². The van der Waals surface area contributed by atoms with Crippen molar-refractivity contribution in [3.05, 3.63) is 0 Å². The standard InChI is InChI=1S/C20H41N7/c1-2-3-4-5-6-7-8-9-10-11-12-13-14-15-16-17-18-27-25-20(24-26-27)23-19(21)22/h2-18H2,1H3,(H4,21,22,23,25). The minimum atomic E-state index is -0.0445. The number of aromatic nitrogens is 4. The first-order chi connectivity index (χ1) is 13.2. The fourth-order valence-corrected chi connectivity index (χ4v) is 3.29. The van der Waals surface area contributed by atoms with Crippen LogP contribution in [0.4, 0.5) is 5.95 Å². The molecule has 27 heavy (non-hydrogen) atoms. The van der Waals surface area contributed by atoms with Crippen LogP contribution in [0.25, 0.3) is 0 Å². The van der Waals surface area contributed by atoms with Gasteiger partial charge in [-0.05, 0) is 11.6 Å². The molecule has 0 aliphatic heterocycles. The lowest BCUT2D eigenvalue weighted by molar-refractivity contribution is 0.470. The largest absolute Gasteiger partial charge is 0.370 e. The number of nitrogens with zero attached hydrogens (tertiary/aromatic N) is 5. The molecule has 1 heterocycles. The highest BCUT2D eigenvalue weighted by molar-refractivity contribution is 5.77. The summed E-state index contributed by atoms with van der Waals surface area (Å²) >= 11 is 0. The van der Waals surface area contributed by atoms with Gasteiger partial charge in [0, 0.05) is 0 Å². The van der Waals surface area contributed by atoms with Gasteiger partial charge in [0.2, 0.25) is 0 Å². The first-order valence-electron chi connectivity index (χ1n) is 11.1. The molecule has 0 radical (unpaired) electrons. The van der Waals surface area contributed by atoms with E-state index in [0.29, 0.717) is 0 Å². The molecule has 0 spiro atoms. The Morgan fingerprint density at radius 1 is 0.741 bits per heavy atom. The summed E-state index contributed by atoms with van der Waals surface area (Å²) in [5.41, 5.74) is 10.6. The summed E-state index contributed by atoms with van der Waals surface area (Å²) in [4.78, 5) is 5.33. The average molecular weight is 380 g/mol. The molecule has 0 saturated heterocycles. The molecule has 7 nitrogen and oxygen atoms in total. The number of hydrogen-bond donors (Lipinski definition) is 2. The lowest BCUT2D eigenvalue weighted by atomic mass is 10.0. The van der Waals surface area contributed by atoms with Crippen molar-refractivity contribution in [1.82, 2.24) is 20.2 Å². The Balaban J connectivity index is 1.80. The highest BCUT2D eigenvalue weighted by atomic mass is 15.6. The second-order valence-electron chi connectivity index (χ2n) is 7.53. The van der Waals surface area contributed by atoms with Crippen LogP contribution in [0.2, 0.25) is 0 Å². The van der Waals surface area contributed by atoms with Gasteiger partial charge in [0.05, 0.1) is 6.54 Å². The van der Waals surface area contributed by atoms with Crippen LogP contribution in [0, 0.1) is 0 Å². The second kappa shape index (κ2) is 16.5. The van der Waals surface area contributed by atoms with Gasteiger partial charge in [-0.15, -0.1) is 5.10 Å². The number of hydrogen-bond acceptors (Lipinski definition) is 4. The van der Waals surface area contributed by atoms with Crippen LogP contribution in [0.3, 0.4) is 0 Å². The normalized spacial score (nSPS) is 11.0. The number of rotatable bonds is 18. The maximum atomic E-state index is 5.28. The predicted molar refractivity (Wildman–Crippen MR) is 113 cm³/mol. The van der Waals surface area contributed by atoms with Crippen LogP contribution in [-0.4, -0.2) is 26.2 Å². The smallest absolute Gasteiger partial charge is 0.292 e. The highest BCUT2D eigenvalue weighted by Gasteiger charge is 2.01. The lowest BCUT2D eigenvalue weighted by Gasteiger charge is -2.03. The number of aliphatic imine (C=N–C) groups is 1. The van der Waals surface area contributed by atoms with Gasteiger partial charge in [-0.25, -0.2) is 0 Å². The summed E-state index contributed by atoms with van der Waals surface area (Å²) in [6.45, 7) is 3.05. The third-order valence-corrected chi connectivity index (χ3v) is 4.88. The molecule has 1 aromatic heterocycles. The molecule has 0 amide bonds. The zero-order chi connectivity index (χ0) is 19.6. The highest BCUT2D eigenvalue weighted by Crippen LogP contribution is 2.13. The molecule has 1 rings (SSSR count). The molecule has 156 valence electrons. The zero-order valence-electron chi connectivity index (χ0n) is 17.4. The Hall–Kier alpha value is -1.66. The van der Waals surface area contributed by atoms with Gasteiger partial charge >= 0.3 is 0 Å². The lowest BCUT2D eigenvalue weighted by Crippen LogP contribution is -2.22. The van der Waals surface area contributed by atoms with Gasteiger partial charge < -0.3 is 11.5 Å². The van der Waals surface area contributed by atoms with E-state index in [4.69, 9.17) is 11.5 Å². The van der Waals surface area contributed by atoms with Crippen molar-refractivity contribution in [3.8, 4) is 0 Å². The van der Waals surface area contributed by atoms with E-state index in [9.17, 15) is 0 Å². The van der Waals surface area contributed by atoms with Crippen LogP contribution < -0.4 is 11.5 Å². The molecule has 0 bridgehead atoms. The van der Waals surface area contributed by atoms with E-state index in [2.05, 4.69) is 27.3 Å². The second-order valence-corrected chi connectivity index (χ2v) is 7.53. The van der Waals surface area contributed by atoms with Gasteiger partial charge in [0.15, 0.2) is 5.96 Å². The van der Waals surface area contributed by atoms with Gasteiger partial charge in [0.25, 0.3) is 5.95 Å². The molecule has 0 fully saturated rings. The molecule has 0 atom stereocenters. The molecular weight excluding hydrogens is 338 g/mol. The fraction of sp³-hybridized carbons (Fsp3) is 0.900. The maximum absolute atomic E-state index is 5.28. The van der Waals surface area contributed by atoms with E-state index < -0.39 is 0 Å². The maximum Gasteiger partial charge on any atom is 0.292 e. The van der Waals surface area contributed by atoms with Gasteiger partial charge in [-0.2, -0.15) is 9.79 Å². The minimum Gasteiger partial charge on any atom is -0.370 e. The first-order valence-corrected chi connectivity index (χ1v) is 11.1. The molecular formula is C20H41N7. The van der Waals surface area contributed by atoms with Crippen LogP contribution in [0.1, 0.15) is 110 Å². The Morgan fingerprint density at radius 2 is 1.19 bits per heavy atom. The van der Waals surface area contributed by atoms with Crippen LogP contribution >= 0.6 is 0 Å². The van der Waals surface area contributed by atoms with Crippen molar-refractivity contribution in [3.63, 3.8) is 0 Å². The number of unbranched alkanes of at least 4 members (excludes halogenated alkanes) is 15. The quantitative estimate of drug-likeness (QED) is 0.215. The van der Waals surface area contributed by atoms with Crippen molar-refractivity contribution in [2.24, 2.45) is 16.5 Å². The van der Waals surface area contributed by atoms with Crippen molar-refractivity contribution in [2.45, 2.75) is 116 Å². The Labute approximate surface area is 165 Å². The molecule has 0 unspecified atom stereocenters. The summed E-state index contributed by atoms with van der Waals surface area (Å²) in [5, 5.41) is 11.8. The first kappa shape index (κ1) is 23.4. The number of nitrogens with two attached hydrogens (primary N) is 2.